The van der Waals surface area contributed by atoms with Gasteiger partial charge in [0.1, 0.15) is 24.4 Å². The number of alkyl halides is 3. The van der Waals surface area contributed by atoms with Crippen LogP contribution in [0.1, 0.15) is 60.2 Å². The van der Waals surface area contributed by atoms with Crippen molar-refractivity contribution in [2.75, 3.05) is 19.0 Å². The summed E-state index contributed by atoms with van der Waals surface area (Å²) < 4.78 is 76.2. The molecule has 3 aromatic heterocycles. The molecular weight excluding hydrogens is 595 g/mol. The van der Waals surface area contributed by atoms with Crippen molar-refractivity contribution in [1.29, 1.82) is 0 Å². The Morgan fingerprint density at radius 3 is 2.77 bits per heavy atom. The van der Waals surface area contributed by atoms with Crippen molar-refractivity contribution in [3.63, 3.8) is 0 Å². The monoisotopic (exact) mass is 619 g/mol. The van der Waals surface area contributed by atoms with Crippen LogP contribution in [-0.4, -0.2) is 66.2 Å². The minimum atomic E-state index is -4.56. The van der Waals surface area contributed by atoms with Gasteiger partial charge in [0.05, 0.1) is 28.8 Å². The largest absolute Gasteiger partial charge is 0.443 e. The van der Waals surface area contributed by atoms with E-state index in [9.17, 15) is 31.5 Å². The van der Waals surface area contributed by atoms with Crippen LogP contribution in [0.3, 0.4) is 0 Å². The third-order valence-corrected chi connectivity index (χ3v) is 9.81. The zero-order chi connectivity index (χ0) is 28.8. The van der Waals surface area contributed by atoms with Crippen molar-refractivity contribution >= 4 is 44.6 Å². The molecule has 4 atom stereocenters. The predicted octanol–water partition coefficient (Wildman–Crippen LogP) is 3.00. The Morgan fingerprint density at radius 2 is 2.05 bits per heavy atom. The van der Waals surface area contributed by atoms with Crippen LogP contribution in [-0.2, 0) is 31.8 Å². The number of nitrogens with zero attached hydrogens (tertiary/aromatic N) is 3. The molecule has 0 radical (unpaired) electrons. The summed E-state index contributed by atoms with van der Waals surface area (Å²) >= 11 is 1.78. The van der Waals surface area contributed by atoms with Gasteiger partial charge in [-0.25, -0.2) is 15.0 Å². The molecule has 0 bridgehead atoms. The minimum absolute atomic E-state index is 0.135. The number of carbonyl (C=O) groups excluding carboxylic acids is 1. The highest BCUT2D eigenvalue weighted by molar-refractivity contribution is 7.84. The number of aliphatic hydroxyl groups is 1. The molecule has 1 fully saturated rings. The second kappa shape index (κ2) is 11.0. The highest BCUT2D eigenvalue weighted by atomic mass is 32.2. The number of nitrogens with one attached hydrogen (secondary N) is 2. The molecule has 0 unspecified atom stereocenters. The number of aliphatic hydroxyl groups excluding tert-OH is 1. The van der Waals surface area contributed by atoms with Gasteiger partial charge in [-0.3, -0.25) is 8.98 Å². The Labute approximate surface area is 235 Å². The van der Waals surface area contributed by atoms with Crippen LogP contribution in [0.15, 0.2) is 18.6 Å². The number of aromatic nitrogens is 3. The molecule has 3 N–H and O–H groups in total. The van der Waals surface area contributed by atoms with E-state index in [1.54, 1.807) is 13.0 Å². The van der Waals surface area contributed by atoms with Crippen LogP contribution >= 0.6 is 22.7 Å². The van der Waals surface area contributed by atoms with E-state index < -0.39 is 51.6 Å². The molecule has 4 heterocycles. The summed E-state index contributed by atoms with van der Waals surface area (Å²) in [4.78, 5) is 27.0. The van der Waals surface area contributed by atoms with Gasteiger partial charge in [0.15, 0.2) is 5.01 Å². The first-order chi connectivity index (χ1) is 18.9. The number of thiazole rings is 1. The maximum atomic E-state index is 13.6. The molecule has 1 saturated carbocycles. The van der Waals surface area contributed by atoms with Gasteiger partial charge in [0.25, 0.3) is 0 Å². The molecule has 2 aliphatic rings. The molecule has 0 amide bonds. The number of ketones is 1. The second-order valence-electron chi connectivity index (χ2n) is 9.24. The Bertz CT molecular complexity index is 1530. The second-order valence-corrected chi connectivity index (χ2v) is 13.1. The molecule has 11 nitrogen and oxygen atoms in total. The number of rotatable bonds is 8. The molecule has 17 heteroatoms. The Balaban J connectivity index is 1.37. The number of thiophene rings is 1. The van der Waals surface area contributed by atoms with Gasteiger partial charge >= 0.3 is 16.5 Å². The van der Waals surface area contributed by atoms with Crippen molar-refractivity contribution in [1.82, 2.24) is 19.7 Å². The molecule has 0 saturated heterocycles. The lowest BCUT2D eigenvalue weighted by Crippen LogP contribution is -2.31. The fourth-order valence-corrected chi connectivity index (χ4v) is 7.24. The lowest BCUT2D eigenvalue weighted by atomic mass is 10.0. The molecule has 0 spiro atoms. The number of halogens is 3. The van der Waals surface area contributed by atoms with E-state index in [2.05, 4.69) is 20.3 Å². The van der Waals surface area contributed by atoms with Crippen LogP contribution in [0.5, 0.6) is 0 Å². The summed E-state index contributed by atoms with van der Waals surface area (Å²) in [5.41, 5.74) is 0.908. The standard InChI is InChI=1S/C23H24F3N5O6S3/c1-10-12(20-18-16(3-4-36-20)39-22(31-18)23(24,25)26)7-17(38-10)19(33)13-8-28-9-29-21(13)30-11-5-14(32)15(6-11)37-40(34,35)27-2/h7-9,11,14-15,20,27,32H,3-6H2,1-2H3,(H,28,29,30)/t11-,14+,15-,20-/m1/s1. The molecule has 0 aromatic carbocycles. The summed E-state index contributed by atoms with van der Waals surface area (Å²) in [7, 11) is -2.82. The van der Waals surface area contributed by atoms with Crippen molar-refractivity contribution in [3.8, 4) is 0 Å². The lowest BCUT2D eigenvalue weighted by molar-refractivity contribution is -0.137. The molecule has 1 aliphatic heterocycles. The quantitative estimate of drug-likeness (QED) is 0.321. The average molecular weight is 620 g/mol. The van der Waals surface area contributed by atoms with E-state index in [1.807, 2.05) is 4.72 Å². The zero-order valence-electron chi connectivity index (χ0n) is 21.1. The maximum Gasteiger partial charge on any atom is 0.443 e. The molecule has 40 heavy (non-hydrogen) atoms. The summed E-state index contributed by atoms with van der Waals surface area (Å²) in [6.07, 6.45) is -4.24. The summed E-state index contributed by atoms with van der Waals surface area (Å²) in [5, 5.41) is 12.4. The van der Waals surface area contributed by atoms with Gasteiger partial charge in [-0.1, -0.05) is 0 Å². The van der Waals surface area contributed by atoms with E-state index in [0.29, 0.717) is 38.0 Å². The molecule has 3 aromatic rings. The third kappa shape index (κ3) is 5.90. The first kappa shape index (κ1) is 29.0. The number of fused-ring (bicyclic) bond motifs is 1. The maximum absolute atomic E-state index is 13.6. The van der Waals surface area contributed by atoms with Crippen LogP contribution in [0, 0.1) is 6.92 Å². The predicted molar refractivity (Wildman–Crippen MR) is 139 cm³/mol. The number of anilines is 1. The van der Waals surface area contributed by atoms with Gasteiger partial charge in [-0.15, -0.1) is 22.7 Å². The smallest absolute Gasteiger partial charge is 0.390 e. The third-order valence-electron chi connectivity index (χ3n) is 6.56. The first-order valence-corrected chi connectivity index (χ1v) is 15.1. The highest BCUT2D eigenvalue weighted by Crippen LogP contribution is 2.43. The van der Waals surface area contributed by atoms with Crippen molar-refractivity contribution < 1.29 is 40.4 Å². The average Bonchev–Trinajstić information content (AvgIpc) is 3.60. The Kier molecular flexibility index (Phi) is 7.99. The SMILES string of the molecule is CNS(=O)(=O)O[C@@H]1C[C@H](Nc2ncncc2C(=O)c2cc([C@H]3OCCc4sc(C(F)(F)F)nc43)c(C)s2)C[C@@H]1O. The minimum Gasteiger partial charge on any atom is -0.390 e. The molecular formula is C23H24F3N5O6S3. The topological polar surface area (TPSA) is 153 Å². The van der Waals surface area contributed by atoms with Crippen LogP contribution in [0.4, 0.5) is 19.0 Å². The summed E-state index contributed by atoms with van der Waals surface area (Å²) in [5.74, 6) is -0.232. The van der Waals surface area contributed by atoms with Crippen LogP contribution < -0.4 is 10.0 Å². The van der Waals surface area contributed by atoms with Gasteiger partial charge in [-0.05, 0) is 25.8 Å². The van der Waals surface area contributed by atoms with E-state index in [0.717, 1.165) is 0 Å². The Morgan fingerprint density at radius 1 is 1.27 bits per heavy atom. The van der Waals surface area contributed by atoms with Crippen LogP contribution in [0.2, 0.25) is 0 Å². The number of ether oxygens (including phenoxy) is 1. The van der Waals surface area contributed by atoms with Crippen molar-refractivity contribution in [3.05, 3.63) is 55.1 Å². The number of hydrogen-bond acceptors (Lipinski definition) is 12. The fourth-order valence-electron chi connectivity index (χ4n) is 4.67. The molecule has 1 aliphatic carbocycles. The molecule has 5 rings (SSSR count). The van der Waals surface area contributed by atoms with Crippen molar-refractivity contribution in [2.24, 2.45) is 0 Å². The highest BCUT2D eigenvalue weighted by Gasteiger charge is 2.40. The van der Waals surface area contributed by atoms with Crippen molar-refractivity contribution in [2.45, 2.75) is 56.7 Å². The fraction of sp³-hybridized carbons (Fsp3) is 0.478. The van der Waals surface area contributed by atoms with E-state index in [1.165, 1.54) is 30.9 Å². The van der Waals surface area contributed by atoms with Gasteiger partial charge < -0.3 is 15.2 Å². The van der Waals surface area contributed by atoms with Gasteiger partial charge in [-0.2, -0.15) is 26.3 Å². The number of aryl methyl sites for hydroxylation is 1. The number of hydrogen-bond donors (Lipinski definition) is 3. The zero-order valence-corrected chi connectivity index (χ0v) is 23.5. The van der Waals surface area contributed by atoms with E-state index in [-0.39, 0.29) is 36.5 Å². The lowest BCUT2D eigenvalue weighted by Gasteiger charge is -2.22. The van der Waals surface area contributed by atoms with Crippen LogP contribution in [0.25, 0.3) is 0 Å². The Hall–Kier alpha value is -2.54. The molecule has 216 valence electrons. The first-order valence-electron chi connectivity index (χ1n) is 12.1. The van der Waals surface area contributed by atoms with Gasteiger partial charge in [0.2, 0.25) is 5.78 Å². The van der Waals surface area contributed by atoms with E-state index >= 15 is 0 Å². The van der Waals surface area contributed by atoms with E-state index in [4.69, 9.17) is 8.92 Å². The number of carbonyl (C=O) groups is 1. The van der Waals surface area contributed by atoms with Gasteiger partial charge in [0, 0.05) is 41.0 Å². The summed E-state index contributed by atoms with van der Waals surface area (Å²) in [6.45, 7) is 1.98. The summed E-state index contributed by atoms with van der Waals surface area (Å²) in [6, 6.07) is 1.15. The normalized spacial score (nSPS) is 23.2.